The molecule has 0 unspecified atom stereocenters. The van der Waals surface area contributed by atoms with Crippen molar-refractivity contribution in [3.63, 3.8) is 0 Å². The van der Waals surface area contributed by atoms with E-state index < -0.39 is 47.9 Å². The van der Waals surface area contributed by atoms with E-state index in [2.05, 4.69) is 15.9 Å². The van der Waals surface area contributed by atoms with Crippen molar-refractivity contribution in [2.24, 2.45) is 11.8 Å². The second-order valence-corrected chi connectivity index (χ2v) is 11.2. The third kappa shape index (κ3) is 5.87. The summed E-state index contributed by atoms with van der Waals surface area (Å²) < 4.78 is 6.21. The lowest BCUT2D eigenvalue weighted by Gasteiger charge is -2.30. The van der Waals surface area contributed by atoms with E-state index in [0.29, 0.717) is 18.4 Å². The molecule has 0 saturated carbocycles. The van der Waals surface area contributed by atoms with Crippen LogP contribution in [0.1, 0.15) is 50.8 Å². The van der Waals surface area contributed by atoms with Gasteiger partial charge in [0.15, 0.2) is 5.78 Å². The minimum absolute atomic E-state index is 0.0574. The van der Waals surface area contributed by atoms with E-state index in [1.807, 2.05) is 13.0 Å². The number of ether oxygens (including phenoxy) is 1. The maximum Gasteiger partial charge on any atom is 0.343 e. The standard InChI is InChI=1S/C31H24BrClN2O6/c1-18-6-15-23-25(16-18)30(39)35(29(23)38)34(28(37)24-4-2-3-5-26(24)33)17-27(36)19-9-13-22(14-10-19)41-31(40)20-7-11-21(32)12-8-20/h2-14,23,25H,15-17H2,1H3/t23-,25+/m0/s1. The highest BCUT2D eigenvalue weighted by Crippen LogP contribution is 2.39. The van der Waals surface area contributed by atoms with Crippen LogP contribution in [0.3, 0.4) is 0 Å². The van der Waals surface area contributed by atoms with Gasteiger partial charge >= 0.3 is 5.97 Å². The summed E-state index contributed by atoms with van der Waals surface area (Å²) in [6, 6.07) is 18.7. The van der Waals surface area contributed by atoms with Crippen LogP contribution in [-0.2, 0) is 9.59 Å². The molecule has 0 radical (unpaired) electrons. The van der Waals surface area contributed by atoms with Crippen LogP contribution in [0.2, 0.25) is 5.02 Å². The molecule has 0 N–H and O–H groups in total. The highest BCUT2D eigenvalue weighted by atomic mass is 79.9. The van der Waals surface area contributed by atoms with E-state index in [4.69, 9.17) is 16.3 Å². The van der Waals surface area contributed by atoms with Gasteiger partial charge in [0.05, 0.1) is 28.0 Å². The van der Waals surface area contributed by atoms with Gasteiger partial charge in [-0.2, -0.15) is 5.01 Å². The van der Waals surface area contributed by atoms with Crippen LogP contribution < -0.4 is 4.74 Å². The summed E-state index contributed by atoms with van der Waals surface area (Å²) in [6.45, 7) is 1.32. The molecule has 1 fully saturated rings. The number of ketones is 1. The van der Waals surface area contributed by atoms with Gasteiger partial charge in [-0.15, -0.1) is 0 Å². The van der Waals surface area contributed by atoms with E-state index in [9.17, 15) is 24.0 Å². The van der Waals surface area contributed by atoms with Crippen LogP contribution in [0.25, 0.3) is 0 Å². The quantitative estimate of drug-likeness (QED) is 0.105. The molecule has 0 bridgehead atoms. The number of hydrazine groups is 1. The molecular formula is C31H24BrClN2O6. The molecule has 1 aliphatic heterocycles. The number of fused-ring (bicyclic) bond motifs is 1. The minimum atomic E-state index is -0.742. The molecule has 3 amide bonds. The van der Waals surface area contributed by atoms with Crippen LogP contribution in [0.15, 0.2) is 88.9 Å². The zero-order valence-corrected chi connectivity index (χ0v) is 24.2. The molecule has 10 heteroatoms. The Balaban J connectivity index is 1.38. The summed E-state index contributed by atoms with van der Waals surface area (Å²) in [5, 5.41) is 1.84. The van der Waals surface area contributed by atoms with Crippen molar-refractivity contribution >= 4 is 57.0 Å². The van der Waals surface area contributed by atoms with Gasteiger partial charge < -0.3 is 4.74 Å². The first kappa shape index (κ1) is 28.4. The number of esters is 1. The number of rotatable bonds is 7. The Hall–Kier alpha value is -4.08. The van der Waals surface area contributed by atoms with E-state index >= 15 is 0 Å². The highest BCUT2D eigenvalue weighted by Gasteiger charge is 2.51. The fraction of sp³-hybridized carbons (Fsp3) is 0.194. The zero-order valence-electron chi connectivity index (χ0n) is 21.9. The van der Waals surface area contributed by atoms with Gasteiger partial charge in [0.1, 0.15) is 12.3 Å². The van der Waals surface area contributed by atoms with Crippen molar-refractivity contribution in [1.82, 2.24) is 10.0 Å². The van der Waals surface area contributed by atoms with E-state index in [1.165, 1.54) is 36.4 Å². The number of halogens is 2. The third-order valence-corrected chi connectivity index (χ3v) is 8.00. The Kier molecular flexibility index (Phi) is 8.19. The molecule has 3 aromatic carbocycles. The largest absolute Gasteiger partial charge is 0.423 e. The Labute approximate surface area is 249 Å². The zero-order chi connectivity index (χ0) is 29.3. The molecule has 5 rings (SSSR count). The summed E-state index contributed by atoms with van der Waals surface area (Å²) in [5.74, 6) is -3.84. The number of nitrogens with zero attached hydrogens (tertiary/aromatic N) is 2. The lowest BCUT2D eigenvalue weighted by atomic mass is 9.82. The van der Waals surface area contributed by atoms with E-state index in [-0.39, 0.29) is 21.9 Å². The normalized spacial score (nSPS) is 18.0. The number of Topliss-reactive ketones (excluding diaryl/α,β-unsaturated/α-hetero) is 1. The Morgan fingerprint density at radius 3 is 2.24 bits per heavy atom. The molecular weight excluding hydrogens is 612 g/mol. The van der Waals surface area contributed by atoms with Gasteiger partial charge in [-0.3, -0.25) is 19.2 Å². The fourth-order valence-corrected chi connectivity index (χ4v) is 5.43. The van der Waals surface area contributed by atoms with Gasteiger partial charge in [-0.05, 0) is 80.4 Å². The second kappa shape index (κ2) is 11.8. The summed E-state index contributed by atoms with van der Waals surface area (Å²) in [5.41, 5.74) is 1.60. The lowest BCUT2D eigenvalue weighted by Crippen LogP contribution is -2.52. The number of benzene rings is 3. The van der Waals surface area contributed by atoms with Crippen LogP contribution in [0, 0.1) is 11.8 Å². The Morgan fingerprint density at radius 1 is 0.927 bits per heavy atom. The number of hydrogen-bond donors (Lipinski definition) is 0. The minimum Gasteiger partial charge on any atom is -0.423 e. The summed E-state index contributed by atoms with van der Waals surface area (Å²) >= 11 is 9.59. The maximum atomic E-state index is 13.7. The van der Waals surface area contributed by atoms with Gasteiger partial charge in [0, 0.05) is 10.0 Å². The van der Waals surface area contributed by atoms with Crippen LogP contribution in [0.4, 0.5) is 0 Å². The first-order valence-electron chi connectivity index (χ1n) is 12.8. The lowest BCUT2D eigenvalue weighted by molar-refractivity contribution is -0.154. The Bertz CT molecular complexity index is 1580. The molecule has 1 heterocycles. The average Bonchev–Trinajstić information content (AvgIpc) is 3.20. The van der Waals surface area contributed by atoms with Crippen molar-refractivity contribution in [3.05, 3.63) is 111 Å². The van der Waals surface area contributed by atoms with Crippen LogP contribution in [0.5, 0.6) is 5.75 Å². The molecule has 1 aliphatic carbocycles. The summed E-state index contributed by atoms with van der Waals surface area (Å²) in [7, 11) is 0. The van der Waals surface area contributed by atoms with Crippen molar-refractivity contribution in [1.29, 1.82) is 0 Å². The summed E-state index contributed by atoms with van der Waals surface area (Å²) in [4.78, 5) is 66.4. The van der Waals surface area contributed by atoms with Gasteiger partial charge in [-0.1, -0.05) is 51.3 Å². The predicted molar refractivity (Wildman–Crippen MR) is 154 cm³/mol. The average molecular weight is 636 g/mol. The topological polar surface area (TPSA) is 101 Å². The van der Waals surface area contributed by atoms with Crippen LogP contribution >= 0.6 is 27.5 Å². The van der Waals surface area contributed by atoms with Gasteiger partial charge in [-0.25, -0.2) is 9.80 Å². The molecule has 0 aromatic heterocycles. The SMILES string of the molecule is CC1=CC[C@@H]2C(=O)N(N(CC(=O)c3ccc(OC(=O)c4ccc(Br)cc4)cc3)C(=O)c3ccccc3Cl)C(=O)[C@@H]2C1. The maximum absolute atomic E-state index is 13.7. The molecule has 2 atom stereocenters. The van der Waals surface area contributed by atoms with Crippen molar-refractivity contribution < 1.29 is 28.7 Å². The molecule has 2 aliphatic rings. The first-order valence-corrected chi connectivity index (χ1v) is 14.0. The predicted octanol–water partition coefficient (Wildman–Crippen LogP) is 5.90. The smallest absolute Gasteiger partial charge is 0.343 e. The number of allylic oxidation sites excluding steroid dienone is 2. The van der Waals surface area contributed by atoms with Crippen molar-refractivity contribution in [2.45, 2.75) is 19.8 Å². The molecule has 0 spiro atoms. The van der Waals surface area contributed by atoms with Crippen molar-refractivity contribution in [2.75, 3.05) is 6.54 Å². The second-order valence-electron chi connectivity index (χ2n) is 9.88. The number of amides is 3. The summed E-state index contributed by atoms with van der Waals surface area (Å²) in [6.07, 6.45) is 2.72. The number of carbonyl (C=O) groups is 5. The highest BCUT2D eigenvalue weighted by molar-refractivity contribution is 9.10. The number of hydrogen-bond acceptors (Lipinski definition) is 6. The van der Waals surface area contributed by atoms with E-state index in [0.717, 1.165) is 20.1 Å². The van der Waals surface area contributed by atoms with Gasteiger partial charge in [0.2, 0.25) is 0 Å². The number of carbonyl (C=O) groups excluding carboxylic acids is 5. The first-order chi connectivity index (χ1) is 19.6. The van der Waals surface area contributed by atoms with E-state index in [1.54, 1.807) is 36.4 Å². The third-order valence-electron chi connectivity index (χ3n) is 7.14. The molecule has 41 heavy (non-hydrogen) atoms. The van der Waals surface area contributed by atoms with Crippen molar-refractivity contribution in [3.8, 4) is 5.75 Å². The molecule has 208 valence electrons. The van der Waals surface area contributed by atoms with Gasteiger partial charge in [0.25, 0.3) is 17.7 Å². The van der Waals surface area contributed by atoms with Crippen LogP contribution in [-0.4, -0.2) is 46.0 Å². The molecule has 1 saturated heterocycles. The fourth-order valence-electron chi connectivity index (χ4n) is 4.95. The number of imide groups is 1. The molecule has 3 aromatic rings. The molecule has 8 nitrogen and oxygen atoms in total. The monoisotopic (exact) mass is 634 g/mol. The Morgan fingerprint density at radius 2 is 1.56 bits per heavy atom.